The third-order valence-corrected chi connectivity index (χ3v) is 12.0. The lowest BCUT2D eigenvalue weighted by Crippen LogP contribution is -2.48. The van der Waals surface area contributed by atoms with Gasteiger partial charge in [-0.05, 0) is 145 Å². The van der Waals surface area contributed by atoms with Gasteiger partial charge in [-0.3, -0.25) is 19.6 Å². The Morgan fingerprint density at radius 3 is 0.595 bits per heavy atom. The second-order valence-electron chi connectivity index (χ2n) is 27.1. The van der Waals surface area contributed by atoms with Crippen molar-refractivity contribution in [2.75, 3.05) is 177 Å². The summed E-state index contributed by atoms with van der Waals surface area (Å²) in [5, 5.41) is 17.4. The SMILES string of the molecule is CCN(CCNC(=O)OC(C)(C)C)CCN(CCNC(=O)OC(C)(C)C)CCN(CCNC(=O)OC(C)(C)C)CCN(CCN(CC)CCNC(=O)OC(C)(C)C)CCN(CCNC(=O)OC(C)(C)C)CCN(C)CCNC(=O)OC(C)(C)C. The van der Waals surface area contributed by atoms with Crippen molar-refractivity contribution >= 4 is 36.6 Å². The second-order valence-corrected chi connectivity index (χ2v) is 27.1. The van der Waals surface area contributed by atoms with Crippen molar-refractivity contribution < 1.29 is 57.2 Å². The molecule has 0 aromatic carbocycles. The first-order valence-electron chi connectivity index (χ1n) is 30.5. The standard InChI is InChI=1S/C59H121N13O12/c1-22-67(31-25-61-49(74)80-55(6,7)8)38-40-70(34-28-64-52(77)83-58(15,16)17)42-43-71(35-29-65-53(78)84-59(18,19)20)45-47-72(41-39-68(23-2)32-26-62-50(75)81-56(9,10)11)46-44-69(33-27-63-51(76)82-57(12,13)14)37-36-66(21)30-24-60-48(73)79-54(3,4)5/h22-47H2,1-21H3,(H,60,73)(H,61,74)(H,62,75)(H,63,76)(H,64,77)(H,65,78). The minimum Gasteiger partial charge on any atom is -0.444 e. The van der Waals surface area contributed by atoms with E-state index in [0.717, 1.165) is 19.6 Å². The number of carbonyl (C=O) groups excluding carboxylic acids is 6. The number of likely N-dealkylation sites (N-methyl/N-ethyl adjacent to an activating group) is 3. The van der Waals surface area contributed by atoms with Gasteiger partial charge in [0.25, 0.3) is 0 Å². The molecular weight excluding hydrogens is 1080 g/mol. The first-order valence-corrected chi connectivity index (χ1v) is 30.5. The summed E-state index contributed by atoms with van der Waals surface area (Å²) in [7, 11) is 2.01. The van der Waals surface area contributed by atoms with Gasteiger partial charge < -0.3 is 75.0 Å². The lowest BCUT2D eigenvalue weighted by molar-refractivity contribution is 0.0502. The fourth-order valence-electron chi connectivity index (χ4n) is 7.85. The summed E-state index contributed by atoms with van der Waals surface area (Å²) >= 11 is 0. The van der Waals surface area contributed by atoms with Gasteiger partial charge >= 0.3 is 36.6 Å². The number of hydrogen-bond donors (Lipinski definition) is 6. The summed E-state index contributed by atoms with van der Waals surface area (Å²) in [6.07, 6.45) is -2.84. The number of hydrogen-bond acceptors (Lipinski definition) is 19. The maximum Gasteiger partial charge on any atom is 0.407 e. The maximum absolute atomic E-state index is 12.9. The molecule has 0 aromatic rings. The molecule has 0 fully saturated rings. The van der Waals surface area contributed by atoms with Gasteiger partial charge in [-0.2, -0.15) is 0 Å². The van der Waals surface area contributed by atoms with Crippen LogP contribution in [0.5, 0.6) is 0 Å². The van der Waals surface area contributed by atoms with E-state index >= 15 is 0 Å². The van der Waals surface area contributed by atoms with E-state index < -0.39 is 70.2 Å². The molecule has 494 valence electrons. The Balaban J connectivity index is 6.88. The molecule has 6 N–H and O–H groups in total. The van der Waals surface area contributed by atoms with Gasteiger partial charge in [-0.1, -0.05) is 13.8 Å². The number of carbonyl (C=O) groups is 6. The van der Waals surface area contributed by atoms with Gasteiger partial charge in [0.1, 0.15) is 33.6 Å². The minimum absolute atomic E-state index is 0.344. The molecule has 84 heavy (non-hydrogen) atoms. The molecule has 0 radical (unpaired) electrons. The summed E-state index contributed by atoms with van der Waals surface area (Å²) in [6.45, 7) is 52.6. The molecule has 6 amide bonds. The Labute approximate surface area is 507 Å². The first-order chi connectivity index (χ1) is 38.6. The van der Waals surface area contributed by atoms with Crippen LogP contribution >= 0.6 is 0 Å². The number of ether oxygens (including phenoxy) is 6. The molecule has 0 aliphatic heterocycles. The Morgan fingerprint density at radius 2 is 0.405 bits per heavy atom. The van der Waals surface area contributed by atoms with Crippen molar-refractivity contribution in [3.63, 3.8) is 0 Å². The molecule has 0 unspecified atom stereocenters. The highest BCUT2D eigenvalue weighted by molar-refractivity contribution is 5.69. The summed E-state index contributed by atoms with van der Waals surface area (Å²) < 4.78 is 33.1. The molecule has 0 saturated carbocycles. The molecule has 0 aliphatic rings. The molecule has 0 saturated heterocycles. The van der Waals surface area contributed by atoms with Crippen LogP contribution in [0.4, 0.5) is 28.8 Å². The van der Waals surface area contributed by atoms with E-state index in [1.165, 1.54) is 0 Å². The van der Waals surface area contributed by atoms with Crippen LogP contribution in [-0.4, -0.2) is 282 Å². The maximum atomic E-state index is 12.9. The Kier molecular flexibility index (Phi) is 37.7. The molecule has 25 nitrogen and oxygen atoms in total. The molecule has 25 heteroatoms. The van der Waals surface area contributed by atoms with Crippen LogP contribution in [0.3, 0.4) is 0 Å². The van der Waals surface area contributed by atoms with Gasteiger partial charge in [0.2, 0.25) is 0 Å². The van der Waals surface area contributed by atoms with Gasteiger partial charge in [0.05, 0.1) is 0 Å². The van der Waals surface area contributed by atoms with Crippen molar-refractivity contribution in [1.29, 1.82) is 0 Å². The van der Waals surface area contributed by atoms with Gasteiger partial charge in [-0.15, -0.1) is 0 Å². The summed E-state index contributed by atoms with van der Waals surface area (Å²) in [5.74, 6) is 0. The fraction of sp³-hybridized carbons (Fsp3) is 0.898. The predicted molar refractivity (Wildman–Crippen MR) is 333 cm³/mol. The molecule has 0 atom stereocenters. The van der Waals surface area contributed by atoms with E-state index in [1.54, 1.807) is 0 Å². The Bertz CT molecular complexity index is 1860. The van der Waals surface area contributed by atoms with E-state index in [1.807, 2.05) is 132 Å². The average molecular weight is 1200 g/mol. The monoisotopic (exact) mass is 1200 g/mol. The largest absolute Gasteiger partial charge is 0.444 e. The summed E-state index contributed by atoms with van der Waals surface area (Å²) in [5.41, 5.74) is -3.77. The van der Waals surface area contributed by atoms with Gasteiger partial charge in [0.15, 0.2) is 0 Å². The van der Waals surface area contributed by atoms with Crippen LogP contribution in [0.1, 0.15) is 138 Å². The zero-order valence-electron chi connectivity index (χ0n) is 56.4. The highest BCUT2D eigenvalue weighted by Gasteiger charge is 2.23. The Morgan fingerprint density at radius 1 is 0.250 bits per heavy atom. The van der Waals surface area contributed by atoms with Crippen molar-refractivity contribution in [2.45, 2.75) is 172 Å². The normalized spacial score (nSPS) is 12.7. The van der Waals surface area contributed by atoms with E-state index in [2.05, 4.69) is 80.0 Å². The number of rotatable bonds is 38. The smallest absolute Gasteiger partial charge is 0.407 e. The fourth-order valence-corrected chi connectivity index (χ4v) is 7.85. The van der Waals surface area contributed by atoms with Crippen LogP contribution in [0.2, 0.25) is 0 Å². The van der Waals surface area contributed by atoms with Gasteiger partial charge in [0, 0.05) is 157 Å². The highest BCUT2D eigenvalue weighted by atomic mass is 16.6. The van der Waals surface area contributed by atoms with Crippen molar-refractivity contribution in [2.24, 2.45) is 0 Å². The van der Waals surface area contributed by atoms with Gasteiger partial charge in [-0.25, -0.2) is 28.8 Å². The zero-order valence-corrected chi connectivity index (χ0v) is 56.4. The van der Waals surface area contributed by atoms with E-state index in [0.29, 0.717) is 151 Å². The lowest BCUT2D eigenvalue weighted by Gasteiger charge is -2.33. The van der Waals surface area contributed by atoms with Crippen molar-refractivity contribution in [3.8, 4) is 0 Å². The zero-order chi connectivity index (χ0) is 64.4. The number of amides is 6. The summed E-state index contributed by atoms with van der Waals surface area (Å²) in [6, 6.07) is 0. The molecular formula is C59H121N13O12. The molecule has 0 aliphatic carbocycles. The van der Waals surface area contributed by atoms with Crippen molar-refractivity contribution in [3.05, 3.63) is 0 Å². The van der Waals surface area contributed by atoms with Crippen molar-refractivity contribution in [1.82, 2.24) is 66.2 Å². The first kappa shape index (κ1) is 79.3. The van der Waals surface area contributed by atoms with Crippen LogP contribution in [0, 0.1) is 0 Å². The highest BCUT2D eigenvalue weighted by Crippen LogP contribution is 2.11. The second kappa shape index (κ2) is 39.9. The van der Waals surface area contributed by atoms with Crippen LogP contribution in [0.25, 0.3) is 0 Å². The van der Waals surface area contributed by atoms with E-state index in [-0.39, 0.29) is 0 Å². The predicted octanol–water partition coefficient (Wildman–Crippen LogP) is 5.92. The number of alkyl carbamates (subject to hydrolysis) is 6. The van der Waals surface area contributed by atoms with Crippen LogP contribution < -0.4 is 31.9 Å². The third-order valence-electron chi connectivity index (χ3n) is 12.0. The number of nitrogens with one attached hydrogen (secondary N) is 6. The molecule has 0 heterocycles. The lowest BCUT2D eigenvalue weighted by atomic mass is 10.2. The van der Waals surface area contributed by atoms with Crippen LogP contribution in [-0.2, 0) is 28.4 Å². The van der Waals surface area contributed by atoms with E-state index in [4.69, 9.17) is 28.4 Å². The molecule has 0 rings (SSSR count). The average Bonchev–Trinajstić information content (AvgIpc) is 3.40. The third kappa shape index (κ3) is 49.6. The summed E-state index contributed by atoms with van der Waals surface area (Å²) in [4.78, 5) is 92.0. The van der Waals surface area contributed by atoms with Crippen LogP contribution in [0.15, 0.2) is 0 Å². The topological polar surface area (TPSA) is 253 Å². The molecule has 0 bridgehead atoms. The molecule has 0 aromatic heterocycles. The van der Waals surface area contributed by atoms with E-state index in [9.17, 15) is 28.8 Å². The Hall–Kier alpha value is -4.66. The minimum atomic E-state index is -0.664. The molecule has 0 spiro atoms. The quantitative estimate of drug-likeness (QED) is 0.0393. The number of nitrogens with zero attached hydrogens (tertiary/aromatic N) is 7.